The Morgan fingerprint density at radius 3 is 2.27 bits per heavy atom. The quantitative estimate of drug-likeness (QED) is 0.577. The first-order chi connectivity index (χ1) is 6.69. The van der Waals surface area contributed by atoms with Crippen LogP contribution in [0.15, 0.2) is 12.2 Å². The van der Waals surface area contributed by atoms with E-state index in [1.807, 2.05) is 13.8 Å². The van der Waals surface area contributed by atoms with Gasteiger partial charge in [0.15, 0.2) is 0 Å². The lowest BCUT2D eigenvalue weighted by atomic mass is 9.96. The van der Waals surface area contributed by atoms with Crippen LogP contribution in [0.1, 0.15) is 41.0 Å². The standard InChI is InChI=1S/C12H22O3/c1-7-8(2)10(13)9(3)11(14)15-12(4,5)6/h8,10,13H,3,7H2,1-2,4-6H3. The summed E-state index contributed by atoms with van der Waals surface area (Å²) in [4.78, 5) is 11.5. The summed E-state index contributed by atoms with van der Waals surface area (Å²) in [6.45, 7) is 12.8. The van der Waals surface area contributed by atoms with E-state index in [2.05, 4.69) is 6.58 Å². The highest BCUT2D eigenvalue weighted by atomic mass is 16.6. The van der Waals surface area contributed by atoms with Gasteiger partial charge in [-0.25, -0.2) is 4.79 Å². The molecule has 0 bridgehead atoms. The molecule has 2 atom stereocenters. The van der Waals surface area contributed by atoms with Gasteiger partial charge in [-0.05, 0) is 26.7 Å². The molecule has 0 rings (SSSR count). The van der Waals surface area contributed by atoms with Crippen LogP contribution >= 0.6 is 0 Å². The van der Waals surface area contributed by atoms with E-state index < -0.39 is 17.7 Å². The summed E-state index contributed by atoms with van der Waals surface area (Å²) in [5, 5.41) is 9.75. The fraction of sp³-hybridized carbons (Fsp3) is 0.750. The summed E-state index contributed by atoms with van der Waals surface area (Å²) in [7, 11) is 0. The molecule has 15 heavy (non-hydrogen) atoms. The van der Waals surface area contributed by atoms with Crippen LogP contribution in [0.25, 0.3) is 0 Å². The van der Waals surface area contributed by atoms with Gasteiger partial charge in [0.1, 0.15) is 5.60 Å². The minimum atomic E-state index is -0.815. The van der Waals surface area contributed by atoms with Crippen LogP contribution in [0.3, 0.4) is 0 Å². The van der Waals surface area contributed by atoms with Crippen molar-refractivity contribution in [2.45, 2.75) is 52.7 Å². The first-order valence-electron chi connectivity index (χ1n) is 5.29. The molecule has 0 aromatic heterocycles. The van der Waals surface area contributed by atoms with Gasteiger partial charge in [0.2, 0.25) is 0 Å². The van der Waals surface area contributed by atoms with Gasteiger partial charge < -0.3 is 9.84 Å². The molecule has 88 valence electrons. The van der Waals surface area contributed by atoms with E-state index in [1.54, 1.807) is 20.8 Å². The predicted octanol–water partition coefficient (Wildman–Crippen LogP) is 2.29. The molecule has 0 aromatic rings. The zero-order valence-corrected chi connectivity index (χ0v) is 10.3. The van der Waals surface area contributed by atoms with Crippen LogP contribution in [0.4, 0.5) is 0 Å². The molecule has 0 spiro atoms. The lowest BCUT2D eigenvalue weighted by Crippen LogP contribution is -2.30. The predicted molar refractivity (Wildman–Crippen MR) is 60.4 cm³/mol. The summed E-state index contributed by atoms with van der Waals surface area (Å²) in [6.07, 6.45) is -0.0203. The Balaban J connectivity index is 4.39. The van der Waals surface area contributed by atoms with E-state index in [0.29, 0.717) is 0 Å². The summed E-state index contributed by atoms with van der Waals surface area (Å²) in [6, 6.07) is 0. The maximum atomic E-state index is 11.5. The molecule has 0 aromatic carbocycles. The molecule has 0 amide bonds. The Morgan fingerprint density at radius 2 is 1.93 bits per heavy atom. The maximum absolute atomic E-state index is 11.5. The third kappa shape index (κ3) is 4.98. The van der Waals surface area contributed by atoms with Gasteiger partial charge >= 0.3 is 5.97 Å². The molecule has 1 N–H and O–H groups in total. The number of esters is 1. The summed E-state index contributed by atoms with van der Waals surface area (Å²) >= 11 is 0. The van der Waals surface area contributed by atoms with Crippen molar-refractivity contribution >= 4 is 5.97 Å². The molecule has 0 saturated heterocycles. The third-order valence-electron chi connectivity index (χ3n) is 2.20. The molecular formula is C12H22O3. The molecular weight excluding hydrogens is 192 g/mol. The Labute approximate surface area is 92.1 Å². The van der Waals surface area contributed by atoms with Crippen molar-refractivity contribution in [2.24, 2.45) is 5.92 Å². The molecule has 0 heterocycles. The van der Waals surface area contributed by atoms with Gasteiger partial charge in [0.25, 0.3) is 0 Å². The van der Waals surface area contributed by atoms with Crippen LogP contribution in [0, 0.1) is 5.92 Å². The Morgan fingerprint density at radius 1 is 1.47 bits per heavy atom. The lowest BCUT2D eigenvalue weighted by molar-refractivity contribution is -0.151. The average molecular weight is 214 g/mol. The summed E-state index contributed by atoms with van der Waals surface area (Å²) in [5.41, 5.74) is -0.408. The molecule has 0 radical (unpaired) electrons. The lowest BCUT2D eigenvalue weighted by Gasteiger charge is -2.23. The molecule has 0 fully saturated rings. The number of ether oxygens (including phenoxy) is 1. The molecule has 0 aliphatic heterocycles. The molecule has 0 aliphatic carbocycles. The van der Waals surface area contributed by atoms with Crippen molar-refractivity contribution in [1.29, 1.82) is 0 Å². The highest BCUT2D eigenvalue weighted by molar-refractivity contribution is 5.89. The van der Waals surface area contributed by atoms with Gasteiger partial charge in [-0.2, -0.15) is 0 Å². The van der Waals surface area contributed by atoms with E-state index in [1.165, 1.54) is 0 Å². The van der Waals surface area contributed by atoms with Crippen LogP contribution in [-0.4, -0.2) is 22.8 Å². The van der Waals surface area contributed by atoms with Crippen molar-refractivity contribution in [3.05, 3.63) is 12.2 Å². The minimum Gasteiger partial charge on any atom is -0.457 e. The second kappa shape index (κ2) is 5.31. The number of hydrogen-bond acceptors (Lipinski definition) is 3. The van der Waals surface area contributed by atoms with Crippen LogP contribution < -0.4 is 0 Å². The van der Waals surface area contributed by atoms with Gasteiger partial charge in [-0.1, -0.05) is 26.8 Å². The van der Waals surface area contributed by atoms with Crippen molar-refractivity contribution in [1.82, 2.24) is 0 Å². The third-order valence-corrected chi connectivity index (χ3v) is 2.20. The van der Waals surface area contributed by atoms with E-state index in [9.17, 15) is 9.90 Å². The fourth-order valence-corrected chi connectivity index (χ4v) is 1.03. The van der Waals surface area contributed by atoms with E-state index in [-0.39, 0.29) is 11.5 Å². The molecule has 0 saturated carbocycles. The number of carbonyl (C=O) groups excluding carboxylic acids is 1. The monoisotopic (exact) mass is 214 g/mol. The van der Waals surface area contributed by atoms with Gasteiger partial charge in [-0.15, -0.1) is 0 Å². The largest absolute Gasteiger partial charge is 0.457 e. The topological polar surface area (TPSA) is 46.5 Å². The SMILES string of the molecule is C=C(C(=O)OC(C)(C)C)C(O)C(C)CC. The van der Waals surface area contributed by atoms with Crippen molar-refractivity contribution in [2.75, 3.05) is 0 Å². The van der Waals surface area contributed by atoms with E-state index >= 15 is 0 Å². The molecule has 3 heteroatoms. The van der Waals surface area contributed by atoms with Crippen molar-refractivity contribution < 1.29 is 14.6 Å². The normalized spacial score (nSPS) is 15.6. The van der Waals surface area contributed by atoms with Crippen LogP contribution in [0.2, 0.25) is 0 Å². The smallest absolute Gasteiger partial charge is 0.336 e. The first kappa shape index (κ1) is 14.2. The Bertz CT molecular complexity index is 238. The second-order valence-electron chi connectivity index (χ2n) is 4.86. The van der Waals surface area contributed by atoms with Crippen molar-refractivity contribution in [3.63, 3.8) is 0 Å². The number of aliphatic hydroxyl groups is 1. The Hall–Kier alpha value is -0.830. The van der Waals surface area contributed by atoms with Crippen LogP contribution in [0.5, 0.6) is 0 Å². The van der Waals surface area contributed by atoms with E-state index in [0.717, 1.165) is 6.42 Å². The number of hydrogen-bond donors (Lipinski definition) is 1. The van der Waals surface area contributed by atoms with Gasteiger partial charge in [-0.3, -0.25) is 0 Å². The highest BCUT2D eigenvalue weighted by Crippen LogP contribution is 2.18. The zero-order chi connectivity index (χ0) is 12.2. The maximum Gasteiger partial charge on any atom is 0.336 e. The highest BCUT2D eigenvalue weighted by Gasteiger charge is 2.25. The van der Waals surface area contributed by atoms with Crippen molar-refractivity contribution in [3.8, 4) is 0 Å². The second-order valence-corrected chi connectivity index (χ2v) is 4.86. The molecule has 0 aliphatic rings. The Kier molecular flexibility index (Phi) is 5.01. The van der Waals surface area contributed by atoms with Gasteiger partial charge in [0, 0.05) is 0 Å². The number of carbonyl (C=O) groups is 1. The number of rotatable bonds is 4. The average Bonchev–Trinajstić information content (AvgIpc) is 2.11. The summed E-state index contributed by atoms with van der Waals surface area (Å²) in [5.74, 6) is -0.500. The zero-order valence-electron chi connectivity index (χ0n) is 10.3. The van der Waals surface area contributed by atoms with E-state index in [4.69, 9.17) is 4.74 Å². The fourth-order valence-electron chi connectivity index (χ4n) is 1.03. The number of aliphatic hydroxyl groups excluding tert-OH is 1. The van der Waals surface area contributed by atoms with Crippen LogP contribution in [-0.2, 0) is 9.53 Å². The summed E-state index contributed by atoms with van der Waals surface area (Å²) < 4.78 is 5.12. The first-order valence-corrected chi connectivity index (χ1v) is 5.29. The molecule has 2 unspecified atom stereocenters. The van der Waals surface area contributed by atoms with Gasteiger partial charge in [0.05, 0.1) is 11.7 Å². The minimum absolute atomic E-state index is 0.0185. The molecule has 3 nitrogen and oxygen atoms in total.